The average molecular weight is 764 g/mol. The molecule has 0 unspecified atom stereocenters. The first kappa shape index (κ1) is 35.9. The van der Waals surface area contributed by atoms with Crippen molar-refractivity contribution in [2.75, 3.05) is 9.80 Å². The van der Waals surface area contributed by atoms with Crippen molar-refractivity contribution in [3.05, 3.63) is 186 Å². The van der Waals surface area contributed by atoms with Crippen LogP contribution in [0, 0.1) is 0 Å². The number of hydrogen-bond acceptors (Lipinski definition) is 2. The fourth-order valence-corrected chi connectivity index (χ4v) is 10.6. The summed E-state index contributed by atoms with van der Waals surface area (Å²) in [6.07, 6.45) is 0. The van der Waals surface area contributed by atoms with Gasteiger partial charge in [-0.2, -0.15) is 0 Å². The molecule has 3 aliphatic rings. The minimum atomic E-state index is -0.258. The van der Waals surface area contributed by atoms with Gasteiger partial charge >= 0.3 is 6.85 Å². The molecule has 3 nitrogen and oxygen atoms in total. The maximum absolute atomic E-state index is 2.73. The van der Waals surface area contributed by atoms with E-state index in [1.54, 1.807) is 0 Å². The highest BCUT2D eigenvalue weighted by molar-refractivity contribution is 6.93. The average Bonchev–Trinajstić information content (AvgIpc) is 3.69. The lowest BCUT2D eigenvalue weighted by molar-refractivity contribution is 0.589. The zero-order chi connectivity index (χ0) is 40.6. The number of nitrogens with zero attached hydrogens (tertiary/aromatic N) is 3. The molecule has 0 saturated heterocycles. The first-order valence-electron chi connectivity index (χ1n) is 21.2. The van der Waals surface area contributed by atoms with E-state index in [0.29, 0.717) is 0 Å². The summed E-state index contributed by atoms with van der Waals surface area (Å²) < 4.78 is 2.73. The van der Waals surface area contributed by atoms with E-state index >= 15 is 0 Å². The lowest BCUT2D eigenvalue weighted by atomic mass is 9.43. The van der Waals surface area contributed by atoms with Gasteiger partial charge in [0.1, 0.15) is 0 Å². The number of hydrogen-bond donors (Lipinski definition) is 0. The Hall–Kier alpha value is -6.26. The molecular formula is C55H50BN3. The Bertz CT molecular complexity index is 2990. The lowest BCUT2D eigenvalue weighted by Crippen LogP contribution is -2.50. The maximum Gasteiger partial charge on any atom is 0.333 e. The summed E-state index contributed by atoms with van der Waals surface area (Å²) in [5.74, 6) is 0. The molecule has 1 aromatic heterocycles. The van der Waals surface area contributed by atoms with Gasteiger partial charge in [-0.15, -0.1) is 0 Å². The van der Waals surface area contributed by atoms with Crippen LogP contribution in [-0.2, 0) is 16.2 Å². The van der Waals surface area contributed by atoms with Gasteiger partial charge in [0.25, 0.3) is 0 Å². The van der Waals surface area contributed by atoms with Gasteiger partial charge in [0.15, 0.2) is 0 Å². The van der Waals surface area contributed by atoms with Gasteiger partial charge in [0, 0.05) is 61.2 Å². The number of para-hydroxylation sites is 3. The summed E-state index contributed by atoms with van der Waals surface area (Å²) in [5, 5.41) is 2.56. The summed E-state index contributed by atoms with van der Waals surface area (Å²) in [6.45, 7) is 18.8. The molecule has 0 N–H and O–H groups in total. The Morgan fingerprint density at radius 1 is 0.559 bits per heavy atom. The lowest BCUT2D eigenvalue weighted by Gasteiger charge is -2.44. The number of rotatable bonds is 4. The number of aromatic nitrogens is 1. The molecule has 1 aliphatic carbocycles. The van der Waals surface area contributed by atoms with E-state index in [2.05, 4.69) is 227 Å². The zero-order valence-corrected chi connectivity index (χ0v) is 35.4. The molecule has 8 aromatic rings. The van der Waals surface area contributed by atoms with E-state index < -0.39 is 0 Å². The summed E-state index contributed by atoms with van der Waals surface area (Å²) in [4.78, 5) is 5.09. The Morgan fingerprint density at radius 2 is 1.17 bits per heavy atom. The van der Waals surface area contributed by atoms with Gasteiger partial charge in [-0.05, 0) is 104 Å². The Morgan fingerprint density at radius 3 is 1.83 bits per heavy atom. The van der Waals surface area contributed by atoms with Gasteiger partial charge in [0.05, 0.1) is 5.69 Å². The third kappa shape index (κ3) is 5.08. The Balaban J connectivity index is 1.29. The highest BCUT2D eigenvalue weighted by Gasteiger charge is 2.52. The van der Waals surface area contributed by atoms with Crippen molar-refractivity contribution in [1.82, 2.24) is 4.48 Å². The van der Waals surface area contributed by atoms with Gasteiger partial charge in [-0.25, -0.2) is 0 Å². The van der Waals surface area contributed by atoms with E-state index in [0.717, 1.165) is 11.4 Å². The molecule has 0 saturated carbocycles. The summed E-state index contributed by atoms with van der Waals surface area (Å²) in [5.41, 5.74) is 20.5. The van der Waals surface area contributed by atoms with Crippen LogP contribution in [0.15, 0.2) is 163 Å². The van der Waals surface area contributed by atoms with Crippen LogP contribution in [0.5, 0.6) is 0 Å². The minimum absolute atomic E-state index is 0.0379. The van der Waals surface area contributed by atoms with Gasteiger partial charge in [0.2, 0.25) is 0 Å². The van der Waals surface area contributed by atoms with Crippen LogP contribution in [0.2, 0.25) is 0 Å². The molecule has 0 fully saturated rings. The molecule has 3 heterocycles. The summed E-state index contributed by atoms with van der Waals surface area (Å²) in [7, 11) is 0. The Kier molecular flexibility index (Phi) is 7.53. The molecule has 59 heavy (non-hydrogen) atoms. The zero-order valence-electron chi connectivity index (χ0n) is 35.4. The fourth-order valence-electron chi connectivity index (χ4n) is 10.6. The number of anilines is 5. The van der Waals surface area contributed by atoms with Crippen molar-refractivity contribution in [3.63, 3.8) is 0 Å². The van der Waals surface area contributed by atoms with E-state index in [1.165, 1.54) is 88.9 Å². The third-order valence-electron chi connectivity index (χ3n) is 13.4. The molecule has 0 radical (unpaired) electrons. The second-order valence-corrected chi connectivity index (χ2v) is 19.4. The first-order valence-corrected chi connectivity index (χ1v) is 21.2. The van der Waals surface area contributed by atoms with Crippen molar-refractivity contribution >= 4 is 68.0 Å². The smallest absolute Gasteiger partial charge is 0.333 e. The highest BCUT2D eigenvalue weighted by Crippen LogP contribution is 2.57. The summed E-state index contributed by atoms with van der Waals surface area (Å²) >= 11 is 0. The van der Waals surface area contributed by atoms with Gasteiger partial charge in [-0.3, -0.25) is 0 Å². The summed E-state index contributed by atoms with van der Waals surface area (Å²) in [6, 6.07) is 59.4. The van der Waals surface area contributed by atoms with Crippen LogP contribution in [-0.4, -0.2) is 11.3 Å². The number of fused-ring (bicyclic) bond motifs is 8. The van der Waals surface area contributed by atoms with Crippen LogP contribution in [0.3, 0.4) is 0 Å². The molecule has 11 rings (SSSR count). The molecular weight excluding hydrogens is 713 g/mol. The molecule has 0 amide bonds. The van der Waals surface area contributed by atoms with E-state index in [4.69, 9.17) is 0 Å². The van der Waals surface area contributed by atoms with Crippen LogP contribution in [0.25, 0.3) is 38.4 Å². The topological polar surface area (TPSA) is 11.4 Å². The van der Waals surface area contributed by atoms with Gasteiger partial charge < -0.3 is 14.3 Å². The monoisotopic (exact) mass is 763 g/mol. The number of allylic oxidation sites excluding steroid dienone is 1. The van der Waals surface area contributed by atoms with Crippen LogP contribution >= 0.6 is 0 Å². The van der Waals surface area contributed by atoms with Crippen molar-refractivity contribution in [3.8, 4) is 11.1 Å². The van der Waals surface area contributed by atoms with Crippen molar-refractivity contribution in [2.24, 2.45) is 0 Å². The second kappa shape index (κ2) is 12.4. The molecule has 288 valence electrons. The SMILES string of the molecule is CC(C)(C)c1ccc(N2C3=C(B4c5c(cc(C(C)(C)C)cc52)-c2cccc5c6c(N(c7ccccc7)c7ccccc7)cccc6n4c25)c2ccccc2C3(C)C)cc1. The largest absolute Gasteiger partial charge is 0.375 e. The van der Waals surface area contributed by atoms with E-state index in [-0.39, 0.29) is 23.1 Å². The highest BCUT2D eigenvalue weighted by atomic mass is 15.2. The maximum atomic E-state index is 2.73. The third-order valence-corrected chi connectivity index (χ3v) is 13.4. The fraction of sp³-hybridized carbons (Fsp3) is 0.200. The standard InChI is InChI=1S/C55H50BN3/c1-53(2,3)35-29-31-39(32-30-35)58-47-34-36(54(4,5)6)33-43-40-24-17-25-42-48-45(57(37-19-11-9-12-20-37)38-21-13-10-14-22-38)27-18-28-46(48)59(51(40)42)56(49(43)47)50-41-23-15-16-26-44(41)55(7,8)52(50)58/h9-34H,1-8H3. The van der Waals surface area contributed by atoms with Crippen molar-refractivity contribution in [1.29, 1.82) is 0 Å². The minimum Gasteiger partial charge on any atom is -0.375 e. The van der Waals surface area contributed by atoms with Gasteiger partial charge in [-0.1, -0.05) is 159 Å². The van der Waals surface area contributed by atoms with Crippen molar-refractivity contribution < 1.29 is 0 Å². The first-order chi connectivity index (χ1) is 28.3. The molecule has 0 spiro atoms. The van der Waals surface area contributed by atoms with Crippen LogP contribution in [0.4, 0.5) is 28.4 Å². The molecule has 4 heteroatoms. The Labute approximate surface area is 349 Å². The molecule has 0 bridgehead atoms. The quantitative estimate of drug-likeness (QED) is 0.165. The normalized spacial score (nSPS) is 15.1. The van der Waals surface area contributed by atoms with Crippen molar-refractivity contribution in [2.45, 2.75) is 71.6 Å². The molecule has 0 atom stereocenters. The van der Waals surface area contributed by atoms with E-state index in [1.807, 2.05) is 0 Å². The second-order valence-electron chi connectivity index (χ2n) is 19.4. The van der Waals surface area contributed by atoms with Crippen LogP contribution < -0.4 is 15.3 Å². The number of benzene rings is 7. The van der Waals surface area contributed by atoms with Crippen LogP contribution in [0.1, 0.15) is 77.6 Å². The predicted molar refractivity (Wildman–Crippen MR) is 253 cm³/mol. The van der Waals surface area contributed by atoms with E-state index in [9.17, 15) is 0 Å². The molecule has 2 aliphatic heterocycles. The molecule has 7 aromatic carbocycles. The predicted octanol–water partition coefficient (Wildman–Crippen LogP) is 14.0.